The zero-order valence-electron chi connectivity index (χ0n) is 29.1. The van der Waals surface area contributed by atoms with Crippen LogP contribution in [0.2, 0.25) is 0 Å². The van der Waals surface area contributed by atoms with Crippen molar-refractivity contribution >= 4 is 35.4 Å². The van der Waals surface area contributed by atoms with Crippen LogP contribution in [0.4, 0.5) is 0 Å². The predicted octanol–water partition coefficient (Wildman–Crippen LogP) is 1.89. The maximum Gasteiger partial charge on any atom is 0.339 e. The normalized spacial score (nSPS) is 42.8. The first kappa shape index (κ1) is 37.1. The number of Topliss-reactive ketones (excluding diaryl/α,β-unsaturated/α-hetero) is 1. The molecule has 12 unspecified atom stereocenters. The van der Waals surface area contributed by atoms with Gasteiger partial charge in [-0.25, -0.2) is 4.79 Å². The van der Waals surface area contributed by atoms with E-state index >= 15 is 0 Å². The fourth-order valence-electron chi connectivity index (χ4n) is 9.92. The van der Waals surface area contributed by atoms with E-state index in [-0.39, 0.29) is 41.8 Å². The summed E-state index contributed by atoms with van der Waals surface area (Å²) in [5, 5.41) is 24.0. The highest BCUT2D eigenvalue weighted by Crippen LogP contribution is 2.67. The van der Waals surface area contributed by atoms with E-state index in [1.807, 2.05) is 6.92 Å². The lowest BCUT2D eigenvalue weighted by molar-refractivity contribution is -0.350. The highest BCUT2D eigenvalue weighted by molar-refractivity contribution is 5.92. The highest BCUT2D eigenvalue weighted by atomic mass is 16.8. The van der Waals surface area contributed by atoms with E-state index < -0.39 is 83.6 Å². The van der Waals surface area contributed by atoms with Gasteiger partial charge in [-0.2, -0.15) is 0 Å². The van der Waals surface area contributed by atoms with Gasteiger partial charge < -0.3 is 38.6 Å². The average Bonchev–Trinajstić information content (AvgIpc) is 3.28. The summed E-state index contributed by atoms with van der Waals surface area (Å²) in [7, 11) is 1.06. The number of carbonyl (C=O) groups excluding carboxylic acids is 6. The zero-order chi connectivity index (χ0) is 36.3. The second-order valence-electron chi connectivity index (χ2n) is 14.9. The van der Waals surface area contributed by atoms with Crippen molar-refractivity contribution in [3.8, 4) is 0 Å². The summed E-state index contributed by atoms with van der Waals surface area (Å²) in [6.07, 6.45) is -2.37. The first-order chi connectivity index (χ1) is 22.8. The lowest BCUT2D eigenvalue weighted by atomic mass is 9.45. The third-order valence-corrected chi connectivity index (χ3v) is 12.1. The van der Waals surface area contributed by atoms with Gasteiger partial charge in [-0.1, -0.05) is 19.4 Å². The molecular weight excluding hydrogens is 644 g/mol. The van der Waals surface area contributed by atoms with Crippen LogP contribution in [-0.2, 0) is 57.2 Å². The molecule has 1 saturated heterocycles. The van der Waals surface area contributed by atoms with Crippen molar-refractivity contribution < 1.29 is 67.4 Å². The molecule has 0 bridgehead atoms. The SMILES string of the molecule is COC(=O)C1OC(C)(OCC(=O)C2(O)CCC3C4CCC5=CC(=O)CCC5(C)C4C(O)CC32C)C(OC(C)=O)C(OC(C)=O)C1OC(C)=O. The number of hydrogen-bond donors (Lipinski definition) is 2. The molecule has 272 valence electrons. The molecule has 1 aliphatic heterocycles. The first-order valence-electron chi connectivity index (χ1n) is 16.9. The minimum Gasteiger partial charge on any atom is -0.467 e. The van der Waals surface area contributed by atoms with Crippen molar-refractivity contribution in [2.45, 2.75) is 128 Å². The lowest BCUT2D eigenvalue weighted by Gasteiger charge is -2.60. The van der Waals surface area contributed by atoms with Crippen LogP contribution in [0, 0.1) is 28.6 Å². The van der Waals surface area contributed by atoms with Crippen LogP contribution in [0.15, 0.2) is 11.6 Å². The number of ether oxygens (including phenoxy) is 6. The van der Waals surface area contributed by atoms with E-state index in [4.69, 9.17) is 28.4 Å². The summed E-state index contributed by atoms with van der Waals surface area (Å²) >= 11 is 0. The van der Waals surface area contributed by atoms with Crippen molar-refractivity contribution in [3.05, 3.63) is 11.6 Å². The Balaban J connectivity index is 1.42. The number of aliphatic hydroxyl groups excluding tert-OH is 1. The van der Waals surface area contributed by atoms with Crippen molar-refractivity contribution in [1.29, 1.82) is 0 Å². The average molecular weight is 693 g/mol. The van der Waals surface area contributed by atoms with Gasteiger partial charge in [0, 0.05) is 32.6 Å². The van der Waals surface area contributed by atoms with Crippen LogP contribution >= 0.6 is 0 Å². The minimum atomic E-state index is -2.15. The van der Waals surface area contributed by atoms with Gasteiger partial charge in [-0.3, -0.25) is 24.0 Å². The number of esters is 4. The van der Waals surface area contributed by atoms with Crippen LogP contribution in [0.5, 0.6) is 0 Å². The maximum atomic E-state index is 14.2. The molecule has 0 spiro atoms. The second kappa shape index (κ2) is 13.2. The van der Waals surface area contributed by atoms with Gasteiger partial charge in [-0.05, 0) is 74.7 Å². The number of fused-ring (bicyclic) bond motifs is 5. The van der Waals surface area contributed by atoms with E-state index in [1.165, 1.54) is 6.92 Å². The number of rotatable bonds is 8. The lowest BCUT2D eigenvalue weighted by Crippen LogP contribution is -2.69. The Kier molecular flexibility index (Phi) is 9.96. The quantitative estimate of drug-likeness (QED) is 0.276. The monoisotopic (exact) mass is 692 g/mol. The first-order valence-corrected chi connectivity index (χ1v) is 16.9. The molecule has 4 fully saturated rings. The molecule has 4 aliphatic carbocycles. The number of ketones is 2. The fraction of sp³-hybridized carbons (Fsp3) is 0.771. The second-order valence-corrected chi connectivity index (χ2v) is 14.9. The molecule has 0 aromatic heterocycles. The van der Waals surface area contributed by atoms with Crippen LogP contribution in [0.25, 0.3) is 0 Å². The molecule has 12 atom stereocenters. The molecule has 0 aromatic rings. The van der Waals surface area contributed by atoms with Crippen LogP contribution in [0.3, 0.4) is 0 Å². The van der Waals surface area contributed by atoms with Gasteiger partial charge in [0.15, 0.2) is 36.0 Å². The van der Waals surface area contributed by atoms with Crippen LogP contribution < -0.4 is 0 Å². The largest absolute Gasteiger partial charge is 0.467 e. The van der Waals surface area contributed by atoms with Crippen molar-refractivity contribution in [2.75, 3.05) is 13.7 Å². The van der Waals surface area contributed by atoms with Crippen molar-refractivity contribution in [2.24, 2.45) is 28.6 Å². The minimum absolute atomic E-state index is 0.0166. The summed E-state index contributed by atoms with van der Waals surface area (Å²) < 4.78 is 33.0. The van der Waals surface area contributed by atoms with Crippen molar-refractivity contribution in [1.82, 2.24) is 0 Å². The molecule has 0 aromatic carbocycles. The van der Waals surface area contributed by atoms with E-state index in [0.717, 1.165) is 39.9 Å². The Hall–Kier alpha value is -3.20. The third-order valence-electron chi connectivity index (χ3n) is 12.1. The van der Waals surface area contributed by atoms with Gasteiger partial charge in [0.1, 0.15) is 12.2 Å². The molecule has 1 heterocycles. The molecule has 3 saturated carbocycles. The Morgan fingerprint density at radius 3 is 2.16 bits per heavy atom. The van der Waals surface area contributed by atoms with Crippen LogP contribution in [-0.4, -0.2) is 101 Å². The number of carbonyl (C=O) groups is 6. The number of hydrogen-bond acceptors (Lipinski definition) is 14. The predicted molar refractivity (Wildman–Crippen MR) is 166 cm³/mol. The topological polar surface area (TPSA) is 198 Å². The standard InChI is InChI=1S/C35H48O14/c1-17(36)46-27-28(47-18(2)37)30(48-19(3)38)34(6,49-29(27)31(42)44-7)45-16-25(41)35(43)13-11-23-22-9-8-20-14-21(39)10-12-32(20,4)26(22)24(40)15-33(23,35)5/h14,22-24,26-30,40,43H,8-13,15-16H2,1-7H3. The summed E-state index contributed by atoms with van der Waals surface area (Å²) in [6.45, 7) is 7.64. The Morgan fingerprint density at radius 1 is 0.918 bits per heavy atom. The van der Waals surface area contributed by atoms with E-state index in [0.29, 0.717) is 25.7 Å². The van der Waals surface area contributed by atoms with Gasteiger partial charge in [0.25, 0.3) is 0 Å². The summed E-state index contributed by atoms with van der Waals surface area (Å²) in [5.74, 6) is -6.56. The van der Waals surface area contributed by atoms with Gasteiger partial charge >= 0.3 is 23.9 Å². The van der Waals surface area contributed by atoms with Crippen LogP contribution in [0.1, 0.15) is 86.5 Å². The summed E-state index contributed by atoms with van der Waals surface area (Å²) in [6, 6.07) is 0. The molecule has 0 amide bonds. The molecule has 0 radical (unpaired) electrons. The molecule has 49 heavy (non-hydrogen) atoms. The van der Waals surface area contributed by atoms with Gasteiger partial charge in [0.05, 0.1) is 13.2 Å². The highest BCUT2D eigenvalue weighted by Gasteiger charge is 2.69. The third kappa shape index (κ3) is 6.23. The Morgan fingerprint density at radius 2 is 1.55 bits per heavy atom. The molecule has 14 heteroatoms. The maximum absolute atomic E-state index is 14.2. The number of methoxy groups -OCH3 is 1. The molecule has 2 N–H and O–H groups in total. The smallest absolute Gasteiger partial charge is 0.339 e. The molecule has 5 aliphatic rings. The molecule has 14 nitrogen and oxygen atoms in total. The molecule has 5 rings (SSSR count). The van der Waals surface area contributed by atoms with Gasteiger partial charge in [-0.15, -0.1) is 0 Å². The fourth-order valence-corrected chi connectivity index (χ4v) is 9.92. The van der Waals surface area contributed by atoms with E-state index in [9.17, 15) is 39.0 Å². The van der Waals surface area contributed by atoms with Gasteiger partial charge in [0.2, 0.25) is 5.79 Å². The number of allylic oxidation sites excluding steroid dienone is 1. The Labute approximate surface area is 285 Å². The number of aliphatic hydroxyl groups is 2. The van der Waals surface area contributed by atoms with Crippen molar-refractivity contribution in [3.63, 3.8) is 0 Å². The summed E-state index contributed by atoms with van der Waals surface area (Å²) in [4.78, 5) is 75.8. The van der Waals surface area contributed by atoms with E-state index in [1.54, 1.807) is 6.08 Å². The summed E-state index contributed by atoms with van der Waals surface area (Å²) in [5.41, 5.74) is -2.21. The molecular formula is C35H48O14. The Bertz CT molecular complexity index is 1440. The zero-order valence-corrected chi connectivity index (χ0v) is 29.1. The van der Waals surface area contributed by atoms with E-state index in [2.05, 4.69) is 6.92 Å².